The van der Waals surface area contributed by atoms with Gasteiger partial charge in [0.15, 0.2) is 11.6 Å². The Kier molecular flexibility index (Phi) is 6.58. The van der Waals surface area contributed by atoms with Crippen LogP contribution in [0.3, 0.4) is 0 Å². The first-order chi connectivity index (χ1) is 9.53. The van der Waals surface area contributed by atoms with Crippen LogP contribution >= 0.6 is 0 Å². The summed E-state index contributed by atoms with van der Waals surface area (Å²) in [7, 11) is 0. The van der Waals surface area contributed by atoms with E-state index in [1.165, 1.54) is 6.07 Å². The average molecular weight is 285 g/mol. The van der Waals surface area contributed by atoms with E-state index in [-0.39, 0.29) is 18.4 Å². The predicted molar refractivity (Wildman–Crippen MR) is 73.3 cm³/mol. The van der Waals surface area contributed by atoms with Gasteiger partial charge < -0.3 is 4.74 Å². The Balaban J connectivity index is 3.02. The summed E-state index contributed by atoms with van der Waals surface area (Å²) in [6.45, 7) is 7.38. The van der Waals surface area contributed by atoms with Gasteiger partial charge in [-0.15, -0.1) is 0 Å². The number of rotatable bonds is 7. The van der Waals surface area contributed by atoms with E-state index in [2.05, 4.69) is 0 Å². The zero-order valence-corrected chi connectivity index (χ0v) is 12.2. The van der Waals surface area contributed by atoms with Crippen molar-refractivity contribution < 1.29 is 18.3 Å². The first kappa shape index (κ1) is 16.6. The Morgan fingerprint density at radius 2 is 1.85 bits per heavy atom. The maximum Gasteiger partial charge on any atom is 0.307 e. The Bertz CT molecular complexity index is 447. The van der Waals surface area contributed by atoms with Crippen LogP contribution in [-0.2, 0) is 9.53 Å². The minimum absolute atomic E-state index is 0.126. The zero-order chi connectivity index (χ0) is 15.1. The Morgan fingerprint density at radius 1 is 1.20 bits per heavy atom. The maximum atomic E-state index is 13.4. The molecule has 0 radical (unpaired) electrons. The fourth-order valence-electron chi connectivity index (χ4n) is 2.22. The van der Waals surface area contributed by atoms with Crippen LogP contribution < -0.4 is 0 Å². The van der Waals surface area contributed by atoms with Crippen molar-refractivity contribution in [3.05, 3.63) is 35.4 Å². The van der Waals surface area contributed by atoms with E-state index in [9.17, 15) is 13.6 Å². The van der Waals surface area contributed by atoms with E-state index >= 15 is 0 Å². The molecule has 20 heavy (non-hydrogen) atoms. The van der Waals surface area contributed by atoms with Gasteiger partial charge >= 0.3 is 5.97 Å². The molecule has 0 heterocycles. The normalized spacial score (nSPS) is 12.5. The van der Waals surface area contributed by atoms with Crippen LogP contribution in [0.2, 0.25) is 0 Å². The molecule has 1 unspecified atom stereocenters. The number of halogens is 2. The van der Waals surface area contributed by atoms with Crippen molar-refractivity contribution >= 4 is 5.97 Å². The highest BCUT2D eigenvalue weighted by Crippen LogP contribution is 2.26. The Morgan fingerprint density at radius 3 is 2.35 bits per heavy atom. The molecule has 0 aliphatic rings. The molecule has 1 aromatic rings. The Labute approximate surface area is 118 Å². The molecule has 1 rings (SSSR count). The van der Waals surface area contributed by atoms with E-state index in [1.807, 2.05) is 18.7 Å². The number of ether oxygens (including phenoxy) is 1. The highest BCUT2D eigenvalue weighted by Gasteiger charge is 2.23. The fraction of sp³-hybridized carbons (Fsp3) is 0.533. The molecule has 0 aliphatic heterocycles. The summed E-state index contributed by atoms with van der Waals surface area (Å²) in [6.07, 6.45) is 0.126. The molecule has 0 bridgehead atoms. The van der Waals surface area contributed by atoms with Crippen molar-refractivity contribution in [2.24, 2.45) is 0 Å². The van der Waals surface area contributed by atoms with Gasteiger partial charge in [0.05, 0.1) is 13.0 Å². The van der Waals surface area contributed by atoms with Gasteiger partial charge in [-0.2, -0.15) is 0 Å². The second-order valence-electron chi connectivity index (χ2n) is 4.42. The van der Waals surface area contributed by atoms with E-state index in [0.29, 0.717) is 25.3 Å². The number of carbonyl (C=O) groups excluding carboxylic acids is 1. The zero-order valence-electron chi connectivity index (χ0n) is 12.2. The topological polar surface area (TPSA) is 29.5 Å². The minimum atomic E-state index is -0.900. The minimum Gasteiger partial charge on any atom is -0.466 e. The number of esters is 1. The SMILES string of the molecule is CCOC(=O)CC(c1ccc(F)c(F)c1)N(CC)CC. The quantitative estimate of drug-likeness (QED) is 0.720. The number of hydrogen-bond acceptors (Lipinski definition) is 3. The summed E-state index contributed by atoms with van der Waals surface area (Å²) in [5, 5.41) is 0. The summed E-state index contributed by atoms with van der Waals surface area (Å²) >= 11 is 0. The van der Waals surface area contributed by atoms with Crippen LogP contribution in [0.25, 0.3) is 0 Å². The molecule has 0 saturated heterocycles. The van der Waals surface area contributed by atoms with E-state index in [4.69, 9.17) is 4.74 Å². The van der Waals surface area contributed by atoms with Crippen LogP contribution in [0, 0.1) is 11.6 Å². The summed E-state index contributed by atoms with van der Waals surface area (Å²) in [4.78, 5) is 13.7. The Hall–Kier alpha value is -1.49. The van der Waals surface area contributed by atoms with Crippen LogP contribution in [0.4, 0.5) is 8.78 Å². The summed E-state index contributed by atoms with van der Waals surface area (Å²) in [6, 6.07) is 3.45. The number of hydrogen-bond donors (Lipinski definition) is 0. The third-order valence-electron chi connectivity index (χ3n) is 3.25. The van der Waals surface area contributed by atoms with Gasteiger partial charge in [0.2, 0.25) is 0 Å². The highest BCUT2D eigenvalue weighted by atomic mass is 19.2. The molecule has 0 aliphatic carbocycles. The van der Waals surface area contributed by atoms with Gasteiger partial charge in [-0.3, -0.25) is 9.69 Å². The standard InChI is InChI=1S/C15H21F2NO2/c1-4-18(5-2)14(10-15(19)20-6-3)11-7-8-12(16)13(17)9-11/h7-9,14H,4-6,10H2,1-3H3. The van der Waals surface area contributed by atoms with E-state index < -0.39 is 11.6 Å². The van der Waals surface area contributed by atoms with Crippen molar-refractivity contribution in [1.82, 2.24) is 4.90 Å². The van der Waals surface area contributed by atoms with Gasteiger partial charge in [0.25, 0.3) is 0 Å². The number of carbonyl (C=O) groups is 1. The molecule has 1 atom stereocenters. The van der Waals surface area contributed by atoms with E-state index in [0.717, 1.165) is 12.1 Å². The molecule has 3 nitrogen and oxygen atoms in total. The molecular formula is C15H21F2NO2. The van der Waals surface area contributed by atoms with Crippen LogP contribution in [0.5, 0.6) is 0 Å². The summed E-state index contributed by atoms with van der Waals surface area (Å²) < 4.78 is 31.4. The molecule has 112 valence electrons. The van der Waals surface area contributed by atoms with Gasteiger partial charge in [0, 0.05) is 6.04 Å². The first-order valence-corrected chi connectivity index (χ1v) is 6.88. The van der Waals surface area contributed by atoms with Crippen LogP contribution in [-0.4, -0.2) is 30.6 Å². The van der Waals surface area contributed by atoms with Gasteiger partial charge in [-0.25, -0.2) is 8.78 Å². The highest BCUT2D eigenvalue weighted by molar-refractivity contribution is 5.70. The molecule has 0 saturated carbocycles. The molecule has 0 fully saturated rings. The first-order valence-electron chi connectivity index (χ1n) is 6.88. The van der Waals surface area contributed by atoms with Crippen molar-refractivity contribution in [3.8, 4) is 0 Å². The molecule has 0 spiro atoms. The van der Waals surface area contributed by atoms with E-state index in [1.54, 1.807) is 6.92 Å². The third-order valence-corrected chi connectivity index (χ3v) is 3.25. The lowest BCUT2D eigenvalue weighted by atomic mass is 10.0. The summed E-state index contributed by atoms with van der Waals surface area (Å²) in [5.74, 6) is -2.12. The molecule has 5 heteroatoms. The van der Waals surface area contributed by atoms with Gasteiger partial charge in [0.1, 0.15) is 0 Å². The van der Waals surface area contributed by atoms with Crippen LogP contribution in [0.1, 0.15) is 38.8 Å². The molecular weight excluding hydrogens is 264 g/mol. The maximum absolute atomic E-state index is 13.4. The second kappa shape index (κ2) is 7.94. The van der Waals surface area contributed by atoms with Crippen LogP contribution in [0.15, 0.2) is 18.2 Å². The third kappa shape index (κ3) is 4.27. The monoisotopic (exact) mass is 285 g/mol. The second-order valence-corrected chi connectivity index (χ2v) is 4.42. The lowest BCUT2D eigenvalue weighted by molar-refractivity contribution is -0.144. The lowest BCUT2D eigenvalue weighted by Gasteiger charge is -2.29. The summed E-state index contributed by atoms with van der Waals surface area (Å²) in [5.41, 5.74) is 0.584. The largest absolute Gasteiger partial charge is 0.466 e. The van der Waals surface area contributed by atoms with Crippen molar-refractivity contribution in [2.45, 2.75) is 33.2 Å². The number of nitrogens with zero attached hydrogens (tertiary/aromatic N) is 1. The van der Waals surface area contributed by atoms with Gasteiger partial charge in [-0.1, -0.05) is 19.9 Å². The van der Waals surface area contributed by atoms with Crippen molar-refractivity contribution in [2.75, 3.05) is 19.7 Å². The fourth-order valence-corrected chi connectivity index (χ4v) is 2.22. The molecule has 0 amide bonds. The molecule has 0 N–H and O–H groups in total. The molecule has 1 aromatic carbocycles. The average Bonchev–Trinajstić information content (AvgIpc) is 2.42. The predicted octanol–water partition coefficient (Wildman–Crippen LogP) is 3.30. The number of benzene rings is 1. The van der Waals surface area contributed by atoms with Crippen molar-refractivity contribution in [1.29, 1.82) is 0 Å². The smallest absolute Gasteiger partial charge is 0.307 e. The van der Waals surface area contributed by atoms with Crippen molar-refractivity contribution in [3.63, 3.8) is 0 Å². The lowest BCUT2D eigenvalue weighted by Crippen LogP contribution is -2.30. The van der Waals surface area contributed by atoms with Gasteiger partial charge in [-0.05, 0) is 37.7 Å². The molecule has 0 aromatic heterocycles.